The summed E-state index contributed by atoms with van der Waals surface area (Å²) in [5.74, 6) is 0.683. The Morgan fingerprint density at radius 3 is 3.07 bits per heavy atom. The van der Waals surface area contributed by atoms with Crippen LogP contribution in [0.4, 0.5) is 4.39 Å². The van der Waals surface area contributed by atoms with Crippen molar-refractivity contribution < 1.29 is 9.13 Å². The number of hydrogen-bond acceptors (Lipinski definition) is 2. The average Bonchev–Trinajstić information content (AvgIpc) is 2.26. The van der Waals surface area contributed by atoms with Crippen LogP contribution in [-0.2, 0) is 0 Å². The molecule has 14 heavy (non-hydrogen) atoms. The van der Waals surface area contributed by atoms with Crippen molar-refractivity contribution in [3.63, 3.8) is 0 Å². The number of benzene rings is 1. The summed E-state index contributed by atoms with van der Waals surface area (Å²) in [4.78, 5) is 4.17. The summed E-state index contributed by atoms with van der Waals surface area (Å²) in [6.45, 7) is -0.364. The van der Waals surface area contributed by atoms with E-state index in [0.29, 0.717) is 5.75 Å². The molecule has 2 rings (SSSR count). The molecule has 3 heteroatoms. The molecule has 0 aliphatic heterocycles. The summed E-state index contributed by atoms with van der Waals surface area (Å²) in [7, 11) is 0. The van der Waals surface area contributed by atoms with Crippen molar-refractivity contribution in [2.45, 2.75) is 0 Å². The first-order chi connectivity index (χ1) is 6.90. The minimum atomic E-state index is -0.467. The Hall–Kier alpha value is -1.64. The minimum Gasteiger partial charge on any atom is -0.491 e. The number of ether oxygens (including phenoxy) is 1. The normalized spacial score (nSPS) is 10.4. The van der Waals surface area contributed by atoms with E-state index in [4.69, 9.17) is 4.74 Å². The predicted octanol–water partition coefficient (Wildman–Crippen LogP) is 2.58. The highest BCUT2D eigenvalue weighted by Gasteiger charge is 1.96. The molecule has 72 valence electrons. The van der Waals surface area contributed by atoms with Gasteiger partial charge in [0.1, 0.15) is 19.0 Å². The van der Waals surface area contributed by atoms with Gasteiger partial charge in [-0.05, 0) is 24.3 Å². The predicted molar refractivity (Wildman–Crippen MR) is 53.2 cm³/mol. The van der Waals surface area contributed by atoms with Crippen LogP contribution in [0.25, 0.3) is 10.9 Å². The van der Waals surface area contributed by atoms with Crippen LogP contribution < -0.4 is 4.74 Å². The maximum absolute atomic E-state index is 11.9. The first-order valence-corrected chi connectivity index (χ1v) is 4.44. The molecule has 0 N–H and O–H groups in total. The maximum atomic E-state index is 11.9. The van der Waals surface area contributed by atoms with E-state index in [1.165, 1.54) is 0 Å². The van der Waals surface area contributed by atoms with Gasteiger partial charge in [-0.3, -0.25) is 4.98 Å². The highest BCUT2D eigenvalue weighted by atomic mass is 19.1. The third kappa shape index (κ3) is 1.82. The van der Waals surface area contributed by atoms with E-state index in [1.807, 2.05) is 24.3 Å². The van der Waals surface area contributed by atoms with E-state index < -0.39 is 6.67 Å². The molecule has 1 aromatic heterocycles. The Morgan fingerprint density at radius 1 is 1.29 bits per heavy atom. The zero-order valence-corrected chi connectivity index (χ0v) is 7.61. The molecule has 0 spiro atoms. The molecule has 0 bridgehead atoms. The Balaban J connectivity index is 2.32. The Kier molecular flexibility index (Phi) is 2.58. The number of fused-ring (bicyclic) bond motifs is 1. The van der Waals surface area contributed by atoms with Crippen LogP contribution in [-0.4, -0.2) is 18.3 Å². The number of pyridine rings is 1. The molecular weight excluding hydrogens is 181 g/mol. The number of rotatable bonds is 3. The summed E-state index contributed by atoms with van der Waals surface area (Å²) in [6, 6.07) is 9.33. The van der Waals surface area contributed by atoms with E-state index in [2.05, 4.69) is 4.98 Å². The van der Waals surface area contributed by atoms with Crippen molar-refractivity contribution in [1.29, 1.82) is 0 Å². The number of halogens is 1. The highest BCUT2D eigenvalue weighted by molar-refractivity contribution is 5.79. The first kappa shape index (κ1) is 8.94. The fraction of sp³-hybridized carbons (Fsp3) is 0.182. The number of alkyl halides is 1. The van der Waals surface area contributed by atoms with Crippen molar-refractivity contribution in [3.8, 4) is 5.75 Å². The zero-order valence-electron chi connectivity index (χ0n) is 7.61. The van der Waals surface area contributed by atoms with Gasteiger partial charge in [-0.15, -0.1) is 0 Å². The number of nitrogens with zero attached hydrogens (tertiary/aromatic N) is 1. The molecule has 2 nitrogen and oxygen atoms in total. The highest BCUT2D eigenvalue weighted by Crippen LogP contribution is 2.18. The van der Waals surface area contributed by atoms with E-state index in [9.17, 15) is 4.39 Å². The first-order valence-electron chi connectivity index (χ1n) is 4.44. The largest absolute Gasteiger partial charge is 0.491 e. The van der Waals surface area contributed by atoms with Crippen LogP contribution in [0.3, 0.4) is 0 Å². The molecule has 1 aromatic carbocycles. The van der Waals surface area contributed by atoms with Gasteiger partial charge in [0.2, 0.25) is 0 Å². The van der Waals surface area contributed by atoms with Gasteiger partial charge >= 0.3 is 0 Å². The molecule has 0 aliphatic rings. The molecule has 0 saturated carbocycles. The van der Waals surface area contributed by atoms with Crippen molar-refractivity contribution in [1.82, 2.24) is 4.98 Å². The van der Waals surface area contributed by atoms with Crippen LogP contribution in [0.1, 0.15) is 0 Å². The molecule has 0 radical (unpaired) electrons. The van der Waals surface area contributed by atoms with E-state index >= 15 is 0 Å². The van der Waals surface area contributed by atoms with Crippen molar-refractivity contribution in [2.75, 3.05) is 13.3 Å². The molecule has 0 amide bonds. The Morgan fingerprint density at radius 2 is 2.21 bits per heavy atom. The Bertz CT molecular complexity index is 430. The topological polar surface area (TPSA) is 22.1 Å². The van der Waals surface area contributed by atoms with E-state index in [1.54, 1.807) is 12.3 Å². The van der Waals surface area contributed by atoms with Crippen LogP contribution in [0.5, 0.6) is 5.75 Å². The lowest BCUT2D eigenvalue weighted by molar-refractivity contribution is 0.273. The second-order valence-corrected chi connectivity index (χ2v) is 2.90. The third-order valence-electron chi connectivity index (χ3n) is 1.92. The van der Waals surface area contributed by atoms with Crippen molar-refractivity contribution >= 4 is 10.9 Å². The lowest BCUT2D eigenvalue weighted by Crippen LogP contribution is -1.98. The molecule has 0 atom stereocenters. The fourth-order valence-electron chi connectivity index (χ4n) is 1.30. The van der Waals surface area contributed by atoms with Gasteiger partial charge in [0.15, 0.2) is 0 Å². The van der Waals surface area contributed by atoms with Gasteiger partial charge in [-0.25, -0.2) is 4.39 Å². The number of aromatic nitrogens is 1. The zero-order chi connectivity index (χ0) is 9.80. The smallest absolute Gasteiger partial charge is 0.123 e. The second kappa shape index (κ2) is 4.05. The van der Waals surface area contributed by atoms with Gasteiger partial charge in [0.05, 0.1) is 5.52 Å². The quantitative estimate of drug-likeness (QED) is 0.743. The SMILES string of the molecule is FCCOc1ccc2ncccc2c1. The fourth-order valence-corrected chi connectivity index (χ4v) is 1.30. The molecular formula is C11H10FNO. The third-order valence-corrected chi connectivity index (χ3v) is 1.92. The molecule has 0 aliphatic carbocycles. The maximum Gasteiger partial charge on any atom is 0.123 e. The lowest BCUT2D eigenvalue weighted by Gasteiger charge is -2.04. The van der Waals surface area contributed by atoms with Crippen molar-refractivity contribution in [2.24, 2.45) is 0 Å². The summed E-state index contributed by atoms with van der Waals surface area (Å²) in [6.07, 6.45) is 1.74. The average molecular weight is 191 g/mol. The number of hydrogen-bond donors (Lipinski definition) is 0. The van der Waals surface area contributed by atoms with Gasteiger partial charge in [0, 0.05) is 11.6 Å². The van der Waals surface area contributed by atoms with Gasteiger partial charge in [-0.2, -0.15) is 0 Å². The van der Waals surface area contributed by atoms with Gasteiger partial charge in [-0.1, -0.05) is 6.07 Å². The molecule has 0 saturated heterocycles. The van der Waals surface area contributed by atoms with Crippen LogP contribution in [0.2, 0.25) is 0 Å². The molecule has 0 unspecified atom stereocenters. The summed E-state index contributed by atoms with van der Waals surface area (Å²) >= 11 is 0. The summed E-state index contributed by atoms with van der Waals surface area (Å²) in [5, 5.41) is 1.00. The monoisotopic (exact) mass is 191 g/mol. The van der Waals surface area contributed by atoms with Crippen LogP contribution >= 0.6 is 0 Å². The van der Waals surface area contributed by atoms with E-state index in [-0.39, 0.29) is 6.61 Å². The van der Waals surface area contributed by atoms with E-state index in [0.717, 1.165) is 10.9 Å². The van der Waals surface area contributed by atoms with Gasteiger partial charge in [0.25, 0.3) is 0 Å². The minimum absolute atomic E-state index is 0.103. The molecule has 0 fully saturated rings. The van der Waals surface area contributed by atoms with Gasteiger partial charge < -0.3 is 4.74 Å². The van der Waals surface area contributed by atoms with Crippen LogP contribution in [0, 0.1) is 0 Å². The second-order valence-electron chi connectivity index (χ2n) is 2.90. The lowest BCUT2D eigenvalue weighted by atomic mass is 10.2. The standard InChI is InChI=1S/C11H10FNO/c12-5-7-14-10-3-4-11-9(8-10)2-1-6-13-11/h1-4,6,8H,5,7H2. The molecule has 2 aromatic rings. The molecule has 1 heterocycles. The summed E-state index contributed by atoms with van der Waals surface area (Å²) < 4.78 is 17.0. The van der Waals surface area contributed by atoms with Crippen molar-refractivity contribution in [3.05, 3.63) is 36.5 Å². The van der Waals surface area contributed by atoms with Crippen LogP contribution in [0.15, 0.2) is 36.5 Å². The summed E-state index contributed by atoms with van der Waals surface area (Å²) in [5.41, 5.74) is 0.917. The Labute approximate surface area is 81.3 Å².